The molecule has 1 aromatic carbocycles. The number of esters is 1. The zero-order valence-corrected chi connectivity index (χ0v) is 12.9. The van der Waals surface area contributed by atoms with E-state index in [0.29, 0.717) is 18.1 Å². The van der Waals surface area contributed by atoms with Crippen LogP contribution >= 0.6 is 0 Å². The Kier molecular flexibility index (Phi) is 3.33. The number of aromatic nitrogens is 3. The summed E-state index contributed by atoms with van der Waals surface area (Å²) < 4.78 is 7.04. The smallest absolute Gasteiger partial charge is 0.341 e. The molecule has 23 heavy (non-hydrogen) atoms. The van der Waals surface area contributed by atoms with Gasteiger partial charge in [-0.05, 0) is 44.0 Å². The van der Waals surface area contributed by atoms with Crippen molar-refractivity contribution in [3.05, 3.63) is 54.0 Å². The Hall–Kier alpha value is -2.69. The molecular formula is C18H17N3O2. The van der Waals surface area contributed by atoms with E-state index in [1.54, 1.807) is 12.4 Å². The number of benzene rings is 1. The fraction of sp³-hybridized carbons (Fsp3) is 0.278. The fourth-order valence-electron chi connectivity index (χ4n) is 2.87. The van der Waals surface area contributed by atoms with Crippen molar-refractivity contribution in [3.8, 4) is 5.69 Å². The predicted octanol–water partition coefficient (Wildman–Crippen LogP) is 3.47. The van der Waals surface area contributed by atoms with Gasteiger partial charge < -0.3 is 4.74 Å². The van der Waals surface area contributed by atoms with E-state index < -0.39 is 0 Å². The molecular weight excluding hydrogens is 290 g/mol. The van der Waals surface area contributed by atoms with E-state index >= 15 is 0 Å². The van der Waals surface area contributed by atoms with Crippen molar-refractivity contribution in [2.45, 2.75) is 25.7 Å². The monoisotopic (exact) mass is 307 g/mol. The van der Waals surface area contributed by atoms with Crippen LogP contribution < -0.4 is 0 Å². The van der Waals surface area contributed by atoms with E-state index in [4.69, 9.17) is 4.74 Å². The van der Waals surface area contributed by atoms with Crippen LogP contribution in [0.5, 0.6) is 0 Å². The van der Waals surface area contributed by atoms with Crippen LogP contribution in [-0.2, 0) is 4.74 Å². The number of pyridine rings is 1. The molecule has 0 bridgehead atoms. The Labute approximate surface area is 133 Å². The first-order valence-electron chi connectivity index (χ1n) is 7.88. The fourth-order valence-corrected chi connectivity index (χ4v) is 2.87. The van der Waals surface area contributed by atoms with Gasteiger partial charge >= 0.3 is 5.97 Å². The molecule has 0 amide bonds. The van der Waals surface area contributed by atoms with Crippen LogP contribution in [0.2, 0.25) is 0 Å². The van der Waals surface area contributed by atoms with Crippen LogP contribution in [0, 0.1) is 0 Å². The van der Waals surface area contributed by atoms with Crippen LogP contribution in [0.3, 0.4) is 0 Å². The van der Waals surface area contributed by atoms with Crippen LogP contribution in [0.1, 0.15) is 41.7 Å². The minimum absolute atomic E-state index is 0.289. The van der Waals surface area contributed by atoms with Crippen molar-refractivity contribution >= 4 is 16.9 Å². The van der Waals surface area contributed by atoms with Crippen LogP contribution in [-0.4, -0.2) is 27.3 Å². The molecule has 0 unspecified atom stereocenters. The second-order valence-corrected chi connectivity index (χ2v) is 5.73. The van der Waals surface area contributed by atoms with Gasteiger partial charge in [-0.2, -0.15) is 5.10 Å². The first-order chi connectivity index (χ1) is 11.3. The molecule has 0 atom stereocenters. The van der Waals surface area contributed by atoms with E-state index in [-0.39, 0.29) is 5.97 Å². The normalized spacial score (nSPS) is 14.1. The maximum Gasteiger partial charge on any atom is 0.341 e. The third kappa shape index (κ3) is 2.48. The number of carbonyl (C=O) groups is 1. The Balaban J connectivity index is 1.82. The molecule has 0 aliphatic heterocycles. The number of carbonyl (C=O) groups excluding carboxylic acids is 1. The molecule has 1 saturated carbocycles. The Morgan fingerprint density at radius 3 is 3.00 bits per heavy atom. The van der Waals surface area contributed by atoms with Crippen LogP contribution in [0.25, 0.3) is 16.6 Å². The van der Waals surface area contributed by atoms with Gasteiger partial charge in [0.15, 0.2) is 0 Å². The number of rotatable bonds is 4. The van der Waals surface area contributed by atoms with Gasteiger partial charge in [-0.3, -0.25) is 4.98 Å². The lowest BCUT2D eigenvalue weighted by molar-refractivity contribution is 0.0525. The van der Waals surface area contributed by atoms with E-state index in [2.05, 4.69) is 16.1 Å². The maximum atomic E-state index is 12.2. The molecule has 0 N–H and O–H groups in total. The van der Waals surface area contributed by atoms with Crippen molar-refractivity contribution < 1.29 is 9.53 Å². The summed E-state index contributed by atoms with van der Waals surface area (Å²) in [4.78, 5) is 16.5. The Morgan fingerprint density at radius 1 is 1.35 bits per heavy atom. The van der Waals surface area contributed by atoms with E-state index in [1.807, 2.05) is 35.9 Å². The largest absolute Gasteiger partial charge is 0.462 e. The third-order valence-corrected chi connectivity index (χ3v) is 4.10. The predicted molar refractivity (Wildman–Crippen MR) is 86.8 cm³/mol. The summed E-state index contributed by atoms with van der Waals surface area (Å²) in [6.07, 6.45) is 5.59. The molecule has 0 radical (unpaired) electrons. The van der Waals surface area contributed by atoms with Gasteiger partial charge in [-0.15, -0.1) is 0 Å². The molecule has 3 aromatic rings. The molecule has 0 saturated heterocycles. The highest BCUT2D eigenvalue weighted by molar-refractivity contribution is 5.91. The minimum Gasteiger partial charge on any atom is -0.462 e. The average molecular weight is 307 g/mol. The third-order valence-electron chi connectivity index (χ3n) is 4.10. The van der Waals surface area contributed by atoms with Gasteiger partial charge in [0.1, 0.15) is 5.56 Å². The molecule has 1 aliphatic carbocycles. The zero-order chi connectivity index (χ0) is 15.8. The molecule has 1 fully saturated rings. The SMILES string of the molecule is CCOC(=O)c1cnn(-c2ccc3ncccc3c2)c1C1CC1. The van der Waals surface area contributed by atoms with Crippen molar-refractivity contribution in [1.29, 1.82) is 0 Å². The Bertz CT molecular complexity index is 881. The molecule has 5 heteroatoms. The minimum atomic E-state index is -0.289. The quantitative estimate of drug-likeness (QED) is 0.692. The zero-order valence-electron chi connectivity index (χ0n) is 12.9. The average Bonchev–Trinajstić information content (AvgIpc) is 3.32. The highest BCUT2D eigenvalue weighted by Crippen LogP contribution is 2.42. The van der Waals surface area contributed by atoms with Gasteiger partial charge in [-0.25, -0.2) is 9.48 Å². The lowest BCUT2D eigenvalue weighted by atomic mass is 10.1. The van der Waals surface area contributed by atoms with Gasteiger partial charge in [-0.1, -0.05) is 6.07 Å². The second kappa shape index (κ2) is 5.50. The first-order valence-corrected chi connectivity index (χ1v) is 7.88. The summed E-state index contributed by atoms with van der Waals surface area (Å²) in [6.45, 7) is 2.19. The first kappa shape index (κ1) is 13.9. The number of hydrogen-bond donors (Lipinski definition) is 0. The summed E-state index contributed by atoms with van der Waals surface area (Å²) in [5.41, 5.74) is 3.44. The number of fused-ring (bicyclic) bond motifs is 1. The summed E-state index contributed by atoms with van der Waals surface area (Å²) in [5.74, 6) is 0.101. The van der Waals surface area contributed by atoms with E-state index in [1.165, 1.54) is 0 Å². The van der Waals surface area contributed by atoms with Gasteiger partial charge in [0.25, 0.3) is 0 Å². The molecule has 0 spiro atoms. The van der Waals surface area contributed by atoms with Crippen LogP contribution in [0.15, 0.2) is 42.7 Å². The number of hydrogen-bond acceptors (Lipinski definition) is 4. The number of nitrogens with zero attached hydrogens (tertiary/aromatic N) is 3. The lowest BCUT2D eigenvalue weighted by Gasteiger charge is -2.09. The summed E-state index contributed by atoms with van der Waals surface area (Å²) in [7, 11) is 0. The van der Waals surface area contributed by atoms with Gasteiger partial charge in [0.05, 0.1) is 29.7 Å². The summed E-state index contributed by atoms with van der Waals surface area (Å²) >= 11 is 0. The maximum absolute atomic E-state index is 12.2. The summed E-state index contributed by atoms with van der Waals surface area (Å²) in [6, 6.07) is 9.96. The molecule has 2 heterocycles. The van der Waals surface area contributed by atoms with E-state index in [9.17, 15) is 4.79 Å². The standard InChI is InChI=1S/C18H17N3O2/c1-2-23-18(22)15-11-20-21(17(15)12-5-6-12)14-7-8-16-13(10-14)4-3-9-19-16/h3-4,7-12H,2,5-6H2,1H3. The highest BCUT2D eigenvalue weighted by Gasteiger charge is 2.33. The van der Waals surface area contributed by atoms with E-state index in [0.717, 1.165) is 35.1 Å². The second-order valence-electron chi connectivity index (χ2n) is 5.73. The van der Waals surface area contributed by atoms with Crippen molar-refractivity contribution in [1.82, 2.24) is 14.8 Å². The lowest BCUT2D eigenvalue weighted by Crippen LogP contribution is -2.09. The summed E-state index contributed by atoms with van der Waals surface area (Å²) in [5, 5.41) is 5.51. The van der Waals surface area contributed by atoms with Crippen LogP contribution in [0.4, 0.5) is 0 Å². The Morgan fingerprint density at radius 2 is 2.22 bits per heavy atom. The molecule has 1 aliphatic rings. The molecule has 116 valence electrons. The molecule has 4 rings (SSSR count). The van der Waals surface area contributed by atoms with Gasteiger partial charge in [0, 0.05) is 17.5 Å². The van der Waals surface area contributed by atoms with Crippen molar-refractivity contribution in [2.75, 3.05) is 6.61 Å². The van der Waals surface area contributed by atoms with Crippen molar-refractivity contribution in [3.63, 3.8) is 0 Å². The molecule has 2 aromatic heterocycles. The number of ether oxygens (including phenoxy) is 1. The molecule has 5 nitrogen and oxygen atoms in total. The van der Waals surface area contributed by atoms with Crippen molar-refractivity contribution in [2.24, 2.45) is 0 Å². The topological polar surface area (TPSA) is 57.0 Å². The highest BCUT2D eigenvalue weighted by atomic mass is 16.5. The van der Waals surface area contributed by atoms with Gasteiger partial charge in [0.2, 0.25) is 0 Å².